The second-order valence-electron chi connectivity index (χ2n) is 6.91. The predicted octanol–water partition coefficient (Wildman–Crippen LogP) is 3.01. The Labute approximate surface area is 173 Å². The molecule has 1 N–H and O–H groups in total. The number of hydrogen-bond donors (Lipinski definition) is 1. The molecule has 0 unspecified atom stereocenters. The number of ether oxygens (including phenoxy) is 2. The lowest BCUT2D eigenvalue weighted by atomic mass is 10.1. The van der Waals surface area contributed by atoms with Gasteiger partial charge in [0.2, 0.25) is 5.76 Å². The van der Waals surface area contributed by atoms with Gasteiger partial charge in [0.1, 0.15) is 11.3 Å². The summed E-state index contributed by atoms with van der Waals surface area (Å²) in [4.78, 5) is 36.8. The Kier molecular flexibility index (Phi) is 6.51. The van der Waals surface area contributed by atoms with Gasteiger partial charge in [-0.05, 0) is 50.1 Å². The van der Waals surface area contributed by atoms with Crippen molar-refractivity contribution in [3.63, 3.8) is 0 Å². The Morgan fingerprint density at radius 3 is 2.53 bits per heavy atom. The summed E-state index contributed by atoms with van der Waals surface area (Å²) >= 11 is 0. The molecular weight excluding hydrogens is 386 g/mol. The van der Waals surface area contributed by atoms with E-state index in [1.54, 1.807) is 25.3 Å². The van der Waals surface area contributed by atoms with E-state index >= 15 is 0 Å². The Bertz CT molecular complexity index is 1120. The number of hydrogen-bond acceptors (Lipinski definition) is 6. The third kappa shape index (κ3) is 5.05. The number of carbonyl (C=O) groups is 2. The van der Waals surface area contributed by atoms with Gasteiger partial charge in [-0.2, -0.15) is 0 Å². The zero-order chi connectivity index (χ0) is 21.7. The minimum atomic E-state index is -1.03. The van der Waals surface area contributed by atoms with Gasteiger partial charge in [-0.15, -0.1) is 0 Å². The van der Waals surface area contributed by atoms with Crippen LogP contribution in [0.4, 0.5) is 0 Å². The minimum Gasteiger partial charge on any atom is -0.497 e. The maximum atomic E-state index is 12.3. The van der Waals surface area contributed by atoms with Crippen molar-refractivity contribution in [2.45, 2.75) is 26.4 Å². The van der Waals surface area contributed by atoms with Gasteiger partial charge in [-0.1, -0.05) is 23.8 Å². The van der Waals surface area contributed by atoms with Crippen LogP contribution in [0.5, 0.6) is 5.75 Å². The van der Waals surface area contributed by atoms with Crippen LogP contribution in [-0.4, -0.2) is 31.6 Å². The van der Waals surface area contributed by atoms with Crippen LogP contribution < -0.4 is 15.5 Å². The molecule has 0 saturated heterocycles. The van der Waals surface area contributed by atoms with E-state index in [-0.39, 0.29) is 16.8 Å². The van der Waals surface area contributed by atoms with E-state index in [2.05, 4.69) is 5.32 Å². The van der Waals surface area contributed by atoms with Gasteiger partial charge in [0.15, 0.2) is 11.5 Å². The molecule has 30 heavy (non-hydrogen) atoms. The molecule has 1 atom stereocenters. The summed E-state index contributed by atoms with van der Waals surface area (Å²) in [5, 5.41) is 3.11. The van der Waals surface area contributed by atoms with Crippen LogP contribution in [0.3, 0.4) is 0 Å². The van der Waals surface area contributed by atoms with Gasteiger partial charge in [0, 0.05) is 12.6 Å². The number of methoxy groups -OCH3 is 1. The summed E-state index contributed by atoms with van der Waals surface area (Å²) in [5.41, 5.74) is 1.89. The smallest absolute Gasteiger partial charge is 0.375 e. The van der Waals surface area contributed by atoms with Crippen LogP contribution in [0.15, 0.2) is 57.7 Å². The zero-order valence-corrected chi connectivity index (χ0v) is 17.1. The van der Waals surface area contributed by atoms with Gasteiger partial charge >= 0.3 is 5.97 Å². The van der Waals surface area contributed by atoms with Crippen molar-refractivity contribution in [2.75, 3.05) is 13.7 Å². The second kappa shape index (κ2) is 9.26. The zero-order valence-electron chi connectivity index (χ0n) is 17.1. The Hall–Kier alpha value is -3.61. The van der Waals surface area contributed by atoms with Gasteiger partial charge in [0.25, 0.3) is 5.91 Å². The molecule has 0 aliphatic rings. The molecule has 156 valence electrons. The molecule has 3 rings (SSSR count). The molecule has 0 bridgehead atoms. The van der Waals surface area contributed by atoms with Crippen molar-refractivity contribution in [1.82, 2.24) is 5.32 Å². The number of nitrogens with one attached hydrogen (secondary N) is 1. The lowest BCUT2D eigenvalue weighted by Gasteiger charge is -2.13. The first-order valence-corrected chi connectivity index (χ1v) is 9.53. The number of carbonyl (C=O) groups excluding carboxylic acids is 2. The van der Waals surface area contributed by atoms with Gasteiger partial charge in [-0.3, -0.25) is 9.59 Å². The van der Waals surface area contributed by atoms with Crippen molar-refractivity contribution < 1.29 is 23.5 Å². The quantitative estimate of drug-likeness (QED) is 0.603. The van der Waals surface area contributed by atoms with Crippen molar-refractivity contribution >= 4 is 22.8 Å². The molecule has 7 nitrogen and oxygen atoms in total. The third-order valence-electron chi connectivity index (χ3n) is 4.61. The van der Waals surface area contributed by atoms with Gasteiger partial charge < -0.3 is 19.2 Å². The van der Waals surface area contributed by atoms with Crippen molar-refractivity contribution in [2.24, 2.45) is 0 Å². The van der Waals surface area contributed by atoms with Crippen LogP contribution in [0.2, 0.25) is 0 Å². The fourth-order valence-corrected chi connectivity index (χ4v) is 2.91. The molecule has 1 amide bonds. The molecule has 0 saturated carbocycles. The SMILES string of the molecule is COc1ccc(CCNC(=O)[C@H](C)OC(=O)c2cc(=O)c3cc(C)ccc3o2)cc1. The first kappa shape index (κ1) is 21.1. The summed E-state index contributed by atoms with van der Waals surface area (Å²) in [5.74, 6) is -0.781. The molecule has 0 fully saturated rings. The molecule has 0 radical (unpaired) electrons. The number of aryl methyl sites for hydroxylation is 1. The molecule has 0 aliphatic carbocycles. The number of rotatable bonds is 7. The maximum absolute atomic E-state index is 12.3. The fourth-order valence-electron chi connectivity index (χ4n) is 2.91. The molecule has 1 heterocycles. The highest BCUT2D eigenvalue weighted by Gasteiger charge is 2.21. The Balaban J connectivity index is 1.56. The normalized spacial score (nSPS) is 11.7. The molecule has 2 aromatic carbocycles. The third-order valence-corrected chi connectivity index (χ3v) is 4.61. The van der Waals surface area contributed by atoms with Crippen LogP contribution in [0.1, 0.15) is 28.6 Å². The molecule has 7 heteroatoms. The summed E-state index contributed by atoms with van der Waals surface area (Å²) in [7, 11) is 1.60. The average molecular weight is 409 g/mol. The lowest BCUT2D eigenvalue weighted by molar-refractivity contribution is -0.129. The van der Waals surface area contributed by atoms with E-state index < -0.39 is 18.0 Å². The van der Waals surface area contributed by atoms with Crippen LogP contribution in [-0.2, 0) is 16.0 Å². The first-order valence-electron chi connectivity index (χ1n) is 9.53. The second-order valence-corrected chi connectivity index (χ2v) is 6.91. The molecule has 1 aromatic heterocycles. The van der Waals surface area contributed by atoms with Gasteiger partial charge in [-0.25, -0.2) is 4.79 Å². The monoisotopic (exact) mass is 409 g/mol. The van der Waals surface area contributed by atoms with E-state index in [0.717, 1.165) is 22.9 Å². The van der Waals surface area contributed by atoms with Gasteiger partial charge in [0.05, 0.1) is 12.5 Å². The van der Waals surface area contributed by atoms with E-state index in [0.29, 0.717) is 18.4 Å². The Morgan fingerprint density at radius 1 is 1.10 bits per heavy atom. The number of esters is 1. The Morgan fingerprint density at radius 2 is 1.83 bits per heavy atom. The number of amides is 1. The lowest BCUT2D eigenvalue weighted by Crippen LogP contribution is -2.37. The molecule has 0 spiro atoms. The van der Waals surface area contributed by atoms with Crippen molar-refractivity contribution in [1.29, 1.82) is 0 Å². The highest BCUT2D eigenvalue weighted by atomic mass is 16.6. The van der Waals surface area contributed by atoms with Crippen LogP contribution in [0.25, 0.3) is 11.0 Å². The summed E-state index contributed by atoms with van der Waals surface area (Å²) in [6.45, 7) is 3.70. The largest absolute Gasteiger partial charge is 0.497 e. The first-order chi connectivity index (χ1) is 14.4. The highest BCUT2D eigenvalue weighted by Crippen LogP contribution is 2.15. The topological polar surface area (TPSA) is 94.8 Å². The maximum Gasteiger partial charge on any atom is 0.375 e. The van der Waals surface area contributed by atoms with Crippen LogP contribution in [0, 0.1) is 6.92 Å². The molecule has 3 aromatic rings. The van der Waals surface area contributed by atoms with E-state index in [9.17, 15) is 14.4 Å². The van der Waals surface area contributed by atoms with Crippen LogP contribution >= 0.6 is 0 Å². The van der Waals surface area contributed by atoms with E-state index in [4.69, 9.17) is 13.9 Å². The van der Waals surface area contributed by atoms with Crippen molar-refractivity contribution in [3.05, 3.63) is 75.6 Å². The predicted molar refractivity (Wildman–Crippen MR) is 112 cm³/mol. The fraction of sp³-hybridized carbons (Fsp3) is 0.261. The molecule has 0 aliphatic heterocycles. The van der Waals surface area contributed by atoms with E-state index in [1.165, 1.54) is 6.92 Å². The summed E-state index contributed by atoms with van der Waals surface area (Å²) < 4.78 is 15.7. The van der Waals surface area contributed by atoms with Crippen molar-refractivity contribution in [3.8, 4) is 5.75 Å². The van der Waals surface area contributed by atoms with E-state index in [1.807, 2.05) is 31.2 Å². The summed E-state index contributed by atoms with van der Waals surface area (Å²) in [6, 6.07) is 13.7. The number of fused-ring (bicyclic) bond motifs is 1. The highest BCUT2D eigenvalue weighted by molar-refractivity contribution is 5.91. The summed E-state index contributed by atoms with van der Waals surface area (Å²) in [6.07, 6.45) is -0.414. The standard InChI is InChI=1S/C23H23NO6/c1-14-4-9-20-18(12-14)19(25)13-21(30-20)23(27)29-15(2)22(26)24-11-10-16-5-7-17(28-3)8-6-16/h4-9,12-13,15H,10-11H2,1-3H3,(H,24,26)/t15-/m0/s1. The number of benzene rings is 2. The molecular formula is C23H23NO6. The average Bonchev–Trinajstić information content (AvgIpc) is 2.74. The minimum absolute atomic E-state index is 0.241.